The summed E-state index contributed by atoms with van der Waals surface area (Å²) in [5.41, 5.74) is 2.17. The summed E-state index contributed by atoms with van der Waals surface area (Å²) in [6.45, 7) is 9.08. The number of nitrogens with zero attached hydrogens (tertiary/aromatic N) is 4. The fourth-order valence-corrected chi connectivity index (χ4v) is 3.43. The molecule has 0 radical (unpaired) electrons. The number of aromatic amines is 1. The third kappa shape index (κ3) is 4.82. The van der Waals surface area contributed by atoms with Crippen molar-refractivity contribution in [2.75, 3.05) is 26.2 Å². The van der Waals surface area contributed by atoms with E-state index in [4.69, 9.17) is 4.99 Å². The second-order valence-electron chi connectivity index (χ2n) is 6.54. The van der Waals surface area contributed by atoms with Crippen LogP contribution in [0.4, 0.5) is 0 Å². The number of hydrogen-bond acceptors (Lipinski definition) is 4. The van der Waals surface area contributed by atoms with E-state index in [2.05, 4.69) is 56.7 Å². The molecule has 1 fully saturated rings. The molecular formula is C19H29N7. The highest BCUT2D eigenvalue weighted by molar-refractivity contribution is 5.79. The van der Waals surface area contributed by atoms with Gasteiger partial charge in [0.1, 0.15) is 6.33 Å². The van der Waals surface area contributed by atoms with Gasteiger partial charge in [-0.15, -0.1) is 0 Å². The summed E-state index contributed by atoms with van der Waals surface area (Å²) in [6, 6.07) is 8.85. The number of likely N-dealkylation sites (N-methyl/N-ethyl adjacent to an activating group) is 1. The predicted octanol–water partition coefficient (Wildman–Crippen LogP) is 2.01. The molecular weight excluding hydrogens is 326 g/mol. The van der Waals surface area contributed by atoms with Crippen LogP contribution in [0.15, 0.2) is 35.6 Å². The van der Waals surface area contributed by atoms with Crippen molar-refractivity contribution in [2.24, 2.45) is 4.99 Å². The smallest absolute Gasteiger partial charge is 0.191 e. The highest BCUT2D eigenvalue weighted by Crippen LogP contribution is 2.16. The summed E-state index contributed by atoms with van der Waals surface area (Å²) in [7, 11) is 0. The average molecular weight is 355 g/mol. The third-order valence-electron chi connectivity index (χ3n) is 4.79. The van der Waals surface area contributed by atoms with Gasteiger partial charge < -0.3 is 10.6 Å². The first-order chi connectivity index (χ1) is 12.8. The number of nitrogens with one attached hydrogen (secondary N) is 3. The maximum atomic E-state index is 4.75. The molecule has 1 unspecified atom stereocenters. The van der Waals surface area contributed by atoms with Crippen LogP contribution in [0.1, 0.15) is 32.3 Å². The summed E-state index contributed by atoms with van der Waals surface area (Å²) < 4.78 is 0. The molecule has 0 aliphatic carbocycles. The molecule has 1 aromatic heterocycles. The van der Waals surface area contributed by atoms with E-state index >= 15 is 0 Å². The number of aromatic nitrogens is 3. The fourth-order valence-electron chi connectivity index (χ4n) is 3.43. The van der Waals surface area contributed by atoms with E-state index in [1.54, 1.807) is 0 Å². The Hall–Kier alpha value is -2.41. The molecule has 7 heteroatoms. The second kappa shape index (κ2) is 9.33. The Balaban J connectivity index is 1.61. The molecule has 0 amide bonds. The lowest BCUT2D eigenvalue weighted by Crippen LogP contribution is -2.44. The van der Waals surface area contributed by atoms with Gasteiger partial charge in [-0.1, -0.05) is 25.1 Å². The normalized spacial score (nSPS) is 18.2. The van der Waals surface area contributed by atoms with Crippen molar-refractivity contribution in [3.63, 3.8) is 0 Å². The molecule has 1 aromatic carbocycles. The minimum atomic E-state index is 0.610. The molecule has 2 aromatic rings. The zero-order chi connectivity index (χ0) is 18.2. The number of benzene rings is 1. The topological polar surface area (TPSA) is 81.2 Å². The van der Waals surface area contributed by atoms with Gasteiger partial charge in [-0.25, -0.2) is 9.98 Å². The minimum absolute atomic E-state index is 0.610. The van der Waals surface area contributed by atoms with E-state index in [1.807, 2.05) is 12.1 Å². The molecule has 7 nitrogen and oxygen atoms in total. The first kappa shape index (κ1) is 18.4. The molecule has 0 bridgehead atoms. The number of hydrogen-bond donors (Lipinski definition) is 3. The Morgan fingerprint density at radius 2 is 2.27 bits per heavy atom. The van der Waals surface area contributed by atoms with Gasteiger partial charge in [0.05, 0.1) is 6.54 Å². The zero-order valence-electron chi connectivity index (χ0n) is 15.7. The molecule has 1 saturated heterocycles. The second-order valence-corrected chi connectivity index (χ2v) is 6.54. The van der Waals surface area contributed by atoms with Crippen molar-refractivity contribution in [3.8, 4) is 11.4 Å². The number of likely N-dealkylation sites (tertiary alicyclic amines) is 1. The fraction of sp³-hybridized carbons (Fsp3) is 0.526. The summed E-state index contributed by atoms with van der Waals surface area (Å²) in [5, 5.41) is 13.7. The van der Waals surface area contributed by atoms with Crippen LogP contribution in [0.25, 0.3) is 11.4 Å². The number of aliphatic imine (C=N–C) groups is 1. The molecule has 1 aliphatic rings. The van der Waals surface area contributed by atoms with Gasteiger partial charge in [-0.2, -0.15) is 5.10 Å². The van der Waals surface area contributed by atoms with Crippen molar-refractivity contribution in [3.05, 3.63) is 36.2 Å². The molecule has 2 heterocycles. The van der Waals surface area contributed by atoms with Crippen LogP contribution in [0.2, 0.25) is 0 Å². The number of guanidine groups is 1. The summed E-state index contributed by atoms with van der Waals surface area (Å²) in [6.07, 6.45) is 4.08. The molecule has 0 spiro atoms. The number of H-pyrrole nitrogens is 1. The highest BCUT2D eigenvalue weighted by atomic mass is 15.2. The maximum Gasteiger partial charge on any atom is 0.191 e. The van der Waals surface area contributed by atoms with E-state index in [0.717, 1.165) is 42.5 Å². The molecule has 1 aliphatic heterocycles. The van der Waals surface area contributed by atoms with Gasteiger partial charge in [0.25, 0.3) is 0 Å². The first-order valence-electron chi connectivity index (χ1n) is 9.51. The highest BCUT2D eigenvalue weighted by Gasteiger charge is 2.22. The predicted molar refractivity (Wildman–Crippen MR) is 105 cm³/mol. The monoisotopic (exact) mass is 355 g/mol. The molecule has 0 saturated carbocycles. The quantitative estimate of drug-likeness (QED) is 0.523. The summed E-state index contributed by atoms with van der Waals surface area (Å²) in [5.74, 6) is 1.65. The van der Waals surface area contributed by atoms with Crippen LogP contribution in [-0.2, 0) is 6.54 Å². The SMILES string of the molecule is CCNC(=NCc1cccc(-c2ncn[nH]2)c1)NCC1CCCN1CC. The van der Waals surface area contributed by atoms with E-state index in [1.165, 1.54) is 25.7 Å². The zero-order valence-corrected chi connectivity index (χ0v) is 15.7. The Morgan fingerprint density at radius 3 is 3.04 bits per heavy atom. The lowest BCUT2D eigenvalue weighted by Gasteiger charge is -2.24. The van der Waals surface area contributed by atoms with Gasteiger partial charge in [0, 0.05) is 24.7 Å². The lowest BCUT2D eigenvalue weighted by atomic mass is 10.1. The van der Waals surface area contributed by atoms with Gasteiger partial charge in [0.2, 0.25) is 0 Å². The standard InChI is InChI=1S/C19H29N7/c1-3-20-19(22-13-17-9-6-10-26(17)4-2)21-12-15-7-5-8-16(11-15)18-23-14-24-25-18/h5,7-8,11,14,17H,3-4,6,9-10,12-13H2,1-2H3,(H2,20,21,22)(H,23,24,25). The van der Waals surface area contributed by atoms with Crippen LogP contribution in [0, 0.1) is 0 Å². The Kier molecular flexibility index (Phi) is 6.60. The minimum Gasteiger partial charge on any atom is -0.357 e. The Morgan fingerprint density at radius 1 is 1.35 bits per heavy atom. The number of rotatable bonds is 7. The van der Waals surface area contributed by atoms with Crippen LogP contribution in [-0.4, -0.2) is 58.3 Å². The summed E-state index contributed by atoms with van der Waals surface area (Å²) >= 11 is 0. The summed E-state index contributed by atoms with van der Waals surface area (Å²) in [4.78, 5) is 11.5. The van der Waals surface area contributed by atoms with Crippen LogP contribution < -0.4 is 10.6 Å². The molecule has 26 heavy (non-hydrogen) atoms. The van der Waals surface area contributed by atoms with Crippen molar-refractivity contribution >= 4 is 5.96 Å². The van der Waals surface area contributed by atoms with Crippen molar-refractivity contribution in [1.82, 2.24) is 30.7 Å². The van der Waals surface area contributed by atoms with E-state index in [-0.39, 0.29) is 0 Å². The molecule has 3 N–H and O–H groups in total. The average Bonchev–Trinajstić information content (AvgIpc) is 3.35. The van der Waals surface area contributed by atoms with Crippen molar-refractivity contribution < 1.29 is 0 Å². The van der Waals surface area contributed by atoms with Crippen LogP contribution >= 0.6 is 0 Å². The maximum absolute atomic E-state index is 4.75. The third-order valence-corrected chi connectivity index (χ3v) is 4.79. The van der Waals surface area contributed by atoms with Gasteiger partial charge in [0.15, 0.2) is 11.8 Å². The van der Waals surface area contributed by atoms with E-state index in [9.17, 15) is 0 Å². The first-order valence-corrected chi connectivity index (χ1v) is 9.51. The lowest BCUT2D eigenvalue weighted by molar-refractivity contribution is 0.267. The van der Waals surface area contributed by atoms with Gasteiger partial charge in [-0.3, -0.25) is 10.00 Å². The van der Waals surface area contributed by atoms with Crippen LogP contribution in [0.5, 0.6) is 0 Å². The molecule has 1 atom stereocenters. The largest absolute Gasteiger partial charge is 0.357 e. The Labute approximate surface area is 155 Å². The van der Waals surface area contributed by atoms with Crippen molar-refractivity contribution in [1.29, 1.82) is 0 Å². The van der Waals surface area contributed by atoms with E-state index in [0.29, 0.717) is 12.6 Å². The Bertz CT molecular complexity index is 696. The van der Waals surface area contributed by atoms with Crippen molar-refractivity contribution in [2.45, 2.75) is 39.3 Å². The van der Waals surface area contributed by atoms with Crippen LogP contribution in [0.3, 0.4) is 0 Å². The van der Waals surface area contributed by atoms with Gasteiger partial charge in [-0.05, 0) is 44.5 Å². The van der Waals surface area contributed by atoms with E-state index < -0.39 is 0 Å². The molecule has 140 valence electrons. The van der Waals surface area contributed by atoms with Gasteiger partial charge >= 0.3 is 0 Å². The molecule has 3 rings (SSSR count).